The molecule has 4 nitrogen and oxygen atoms in total. The van der Waals surface area contributed by atoms with Crippen LogP contribution in [-0.2, 0) is 9.53 Å². The van der Waals surface area contributed by atoms with Gasteiger partial charge in [0, 0.05) is 17.4 Å². The second-order valence-corrected chi connectivity index (χ2v) is 5.76. The van der Waals surface area contributed by atoms with Gasteiger partial charge in [0.2, 0.25) is 0 Å². The molecule has 0 saturated carbocycles. The lowest BCUT2D eigenvalue weighted by Gasteiger charge is -1.97. The summed E-state index contributed by atoms with van der Waals surface area (Å²) in [5.41, 5.74) is 2.75. The average Bonchev–Trinajstić information content (AvgIpc) is 3.18. The van der Waals surface area contributed by atoms with Crippen molar-refractivity contribution in [3.8, 4) is 11.1 Å². The third-order valence-corrected chi connectivity index (χ3v) is 4.42. The van der Waals surface area contributed by atoms with Crippen LogP contribution in [-0.4, -0.2) is 18.9 Å². The van der Waals surface area contributed by atoms with Gasteiger partial charge in [0.25, 0.3) is 0 Å². The highest BCUT2D eigenvalue weighted by Gasteiger charge is 2.14. The van der Waals surface area contributed by atoms with Crippen LogP contribution in [0.5, 0.6) is 0 Å². The van der Waals surface area contributed by atoms with Gasteiger partial charge >= 0.3 is 5.97 Å². The van der Waals surface area contributed by atoms with Crippen LogP contribution in [0, 0.1) is 0 Å². The Kier molecular flexibility index (Phi) is 4.06. The first-order valence-corrected chi connectivity index (χ1v) is 7.72. The smallest absolute Gasteiger partial charge is 0.305 e. The lowest BCUT2D eigenvalue weighted by molar-refractivity contribution is -0.140. The predicted molar refractivity (Wildman–Crippen MR) is 85.1 cm³/mol. The molecule has 2 aromatic heterocycles. The molecule has 112 valence electrons. The first-order chi connectivity index (χ1) is 10.7. The molecule has 0 saturated heterocycles. The van der Waals surface area contributed by atoms with E-state index in [1.165, 1.54) is 18.4 Å². The van der Waals surface area contributed by atoms with E-state index in [-0.39, 0.29) is 24.6 Å². The van der Waals surface area contributed by atoms with E-state index in [0.29, 0.717) is 4.88 Å². The zero-order valence-corrected chi connectivity index (χ0v) is 12.8. The molecule has 0 aliphatic rings. The van der Waals surface area contributed by atoms with Gasteiger partial charge in [-0.05, 0) is 23.1 Å². The number of esters is 1. The van der Waals surface area contributed by atoms with E-state index in [4.69, 9.17) is 4.42 Å². The van der Waals surface area contributed by atoms with Crippen LogP contribution < -0.4 is 0 Å². The maximum absolute atomic E-state index is 12.1. The van der Waals surface area contributed by atoms with E-state index in [0.717, 1.165) is 22.1 Å². The first-order valence-electron chi connectivity index (χ1n) is 6.84. The van der Waals surface area contributed by atoms with Gasteiger partial charge in [0.15, 0.2) is 5.78 Å². The molecule has 0 radical (unpaired) electrons. The van der Waals surface area contributed by atoms with Crippen LogP contribution in [0.3, 0.4) is 0 Å². The number of carbonyl (C=O) groups excluding carboxylic acids is 2. The van der Waals surface area contributed by atoms with Gasteiger partial charge in [-0.3, -0.25) is 9.59 Å². The molecule has 0 unspecified atom stereocenters. The summed E-state index contributed by atoms with van der Waals surface area (Å²) in [4.78, 5) is 23.8. The van der Waals surface area contributed by atoms with Gasteiger partial charge in [0.05, 0.1) is 24.7 Å². The molecule has 0 bridgehead atoms. The summed E-state index contributed by atoms with van der Waals surface area (Å²) >= 11 is 1.38. The summed E-state index contributed by atoms with van der Waals surface area (Å²) < 4.78 is 10.1. The monoisotopic (exact) mass is 314 g/mol. The molecule has 0 spiro atoms. The molecule has 0 atom stereocenters. The molecule has 3 rings (SSSR count). The highest BCUT2D eigenvalue weighted by atomic mass is 32.1. The standard InChI is InChI=1S/C17H14O4S/c1-20-17(19)7-6-14(18)16-8-11(10-22-16)13-9-21-15-5-3-2-4-12(13)15/h2-5,8-10H,6-7H2,1H3. The van der Waals surface area contributed by atoms with Gasteiger partial charge in [-0.2, -0.15) is 0 Å². The van der Waals surface area contributed by atoms with Gasteiger partial charge < -0.3 is 9.15 Å². The molecule has 0 aliphatic heterocycles. The van der Waals surface area contributed by atoms with Crippen LogP contribution in [0.2, 0.25) is 0 Å². The van der Waals surface area contributed by atoms with Crippen LogP contribution in [0.4, 0.5) is 0 Å². The number of rotatable bonds is 5. The van der Waals surface area contributed by atoms with Crippen LogP contribution in [0.15, 0.2) is 46.4 Å². The number of thiophene rings is 1. The molecule has 0 N–H and O–H groups in total. The first kappa shape index (κ1) is 14.5. The number of hydrogen-bond acceptors (Lipinski definition) is 5. The third-order valence-electron chi connectivity index (χ3n) is 3.45. The number of para-hydroxylation sites is 1. The number of furan rings is 1. The molecule has 5 heteroatoms. The molecule has 0 aliphatic carbocycles. The molecule has 0 fully saturated rings. The third kappa shape index (κ3) is 2.80. The van der Waals surface area contributed by atoms with E-state index >= 15 is 0 Å². The predicted octanol–water partition coefficient (Wildman–Crippen LogP) is 4.30. The Bertz CT molecular complexity index is 828. The maximum Gasteiger partial charge on any atom is 0.305 e. The molecule has 1 aromatic carbocycles. The second kappa shape index (κ2) is 6.15. The fraction of sp³-hybridized carbons (Fsp3) is 0.176. The number of benzene rings is 1. The fourth-order valence-electron chi connectivity index (χ4n) is 2.27. The van der Waals surface area contributed by atoms with Crippen molar-refractivity contribution in [2.75, 3.05) is 7.11 Å². The summed E-state index contributed by atoms with van der Waals surface area (Å²) in [5, 5.41) is 2.96. The van der Waals surface area contributed by atoms with E-state index < -0.39 is 0 Å². The summed E-state index contributed by atoms with van der Waals surface area (Å²) in [7, 11) is 1.32. The van der Waals surface area contributed by atoms with Gasteiger partial charge in [-0.25, -0.2) is 0 Å². The van der Waals surface area contributed by atoms with Crippen molar-refractivity contribution in [3.63, 3.8) is 0 Å². The Labute approximate surface area is 131 Å². The highest BCUT2D eigenvalue weighted by Crippen LogP contribution is 2.33. The van der Waals surface area contributed by atoms with Crippen molar-refractivity contribution in [2.45, 2.75) is 12.8 Å². The van der Waals surface area contributed by atoms with E-state index in [1.54, 1.807) is 6.26 Å². The summed E-state index contributed by atoms with van der Waals surface area (Å²) in [6.45, 7) is 0. The van der Waals surface area contributed by atoms with Crippen molar-refractivity contribution >= 4 is 34.1 Å². The second-order valence-electron chi connectivity index (χ2n) is 4.84. The lowest BCUT2D eigenvalue weighted by atomic mass is 10.1. The number of ether oxygens (including phenoxy) is 1. The summed E-state index contributed by atoms with van der Waals surface area (Å²) in [5.74, 6) is -0.416. The Morgan fingerprint density at radius 3 is 2.86 bits per heavy atom. The Morgan fingerprint density at radius 2 is 2.05 bits per heavy atom. The lowest BCUT2D eigenvalue weighted by Crippen LogP contribution is -2.04. The highest BCUT2D eigenvalue weighted by molar-refractivity contribution is 7.12. The molecule has 0 amide bonds. The number of carbonyl (C=O) groups is 2. The van der Waals surface area contributed by atoms with Gasteiger partial charge in [0.1, 0.15) is 5.58 Å². The van der Waals surface area contributed by atoms with Gasteiger partial charge in [-0.1, -0.05) is 18.2 Å². The van der Waals surface area contributed by atoms with Crippen molar-refractivity contribution in [1.82, 2.24) is 0 Å². The van der Waals surface area contributed by atoms with Crippen molar-refractivity contribution in [3.05, 3.63) is 46.9 Å². The quantitative estimate of drug-likeness (QED) is 0.520. The number of ketones is 1. The average molecular weight is 314 g/mol. The molecule has 3 aromatic rings. The van der Waals surface area contributed by atoms with Gasteiger partial charge in [-0.15, -0.1) is 11.3 Å². The molecular weight excluding hydrogens is 300 g/mol. The molecule has 22 heavy (non-hydrogen) atoms. The zero-order valence-electron chi connectivity index (χ0n) is 12.0. The normalized spacial score (nSPS) is 10.8. The van der Waals surface area contributed by atoms with Crippen molar-refractivity contribution < 1.29 is 18.7 Å². The molecular formula is C17H14O4S. The number of methoxy groups -OCH3 is 1. The number of hydrogen-bond donors (Lipinski definition) is 0. The summed E-state index contributed by atoms with van der Waals surface area (Å²) in [6.07, 6.45) is 1.98. The minimum Gasteiger partial charge on any atom is -0.469 e. The number of Topliss-reactive ketones (excluding diaryl/α,β-unsaturated/α-hetero) is 1. The van der Waals surface area contributed by atoms with Crippen molar-refractivity contribution in [1.29, 1.82) is 0 Å². The minimum atomic E-state index is -0.369. The van der Waals surface area contributed by atoms with Crippen LogP contribution in [0.25, 0.3) is 22.1 Å². The van der Waals surface area contributed by atoms with E-state index in [2.05, 4.69) is 4.74 Å². The zero-order chi connectivity index (χ0) is 15.5. The van der Waals surface area contributed by atoms with Crippen molar-refractivity contribution in [2.24, 2.45) is 0 Å². The largest absolute Gasteiger partial charge is 0.469 e. The SMILES string of the molecule is COC(=O)CCC(=O)c1cc(-c2coc3ccccc23)cs1. The number of fused-ring (bicyclic) bond motifs is 1. The minimum absolute atomic E-state index is 0.0468. The Morgan fingerprint density at radius 1 is 1.23 bits per heavy atom. The van der Waals surface area contributed by atoms with E-state index in [9.17, 15) is 9.59 Å². The fourth-order valence-corrected chi connectivity index (χ4v) is 3.14. The van der Waals surface area contributed by atoms with E-state index in [1.807, 2.05) is 35.7 Å². The van der Waals surface area contributed by atoms with Crippen LogP contribution in [0.1, 0.15) is 22.5 Å². The Balaban J connectivity index is 1.82. The van der Waals surface area contributed by atoms with Crippen LogP contribution >= 0.6 is 11.3 Å². The molecule has 2 heterocycles. The maximum atomic E-state index is 12.1. The Hall–Kier alpha value is -2.40. The topological polar surface area (TPSA) is 56.5 Å². The summed E-state index contributed by atoms with van der Waals surface area (Å²) in [6, 6.07) is 9.63.